The van der Waals surface area contributed by atoms with E-state index in [1.807, 2.05) is 6.07 Å². The Morgan fingerprint density at radius 2 is 2.27 bits per heavy atom. The number of hydrogen-bond acceptors (Lipinski definition) is 6. The van der Waals surface area contributed by atoms with E-state index in [0.29, 0.717) is 28.7 Å². The molecule has 1 atom stereocenters. The molecule has 0 unspecified atom stereocenters. The number of nitrogens with zero attached hydrogens (tertiary/aromatic N) is 1. The van der Waals surface area contributed by atoms with Gasteiger partial charge in [-0.05, 0) is 25.5 Å². The van der Waals surface area contributed by atoms with Gasteiger partial charge in [-0.3, -0.25) is 4.99 Å². The summed E-state index contributed by atoms with van der Waals surface area (Å²) in [6, 6.07) is 5.16. The van der Waals surface area contributed by atoms with E-state index < -0.39 is 5.54 Å². The molecule has 0 aromatic heterocycles. The number of hydrogen-bond donors (Lipinski definition) is 1. The quantitative estimate of drug-likeness (QED) is 0.644. The molecule has 1 N–H and O–H groups in total. The Hall–Kier alpha value is -1.69. The van der Waals surface area contributed by atoms with Gasteiger partial charge in [0.1, 0.15) is 16.5 Å². The fourth-order valence-corrected chi connectivity index (χ4v) is 3.27. The zero-order chi connectivity index (χ0) is 16.2. The number of carbonyl (C=O) groups excluding carboxylic acids is 1. The summed E-state index contributed by atoms with van der Waals surface area (Å²) >= 11 is 1.44. The van der Waals surface area contributed by atoms with Crippen molar-refractivity contribution in [1.82, 2.24) is 0 Å². The van der Waals surface area contributed by atoms with Crippen LogP contribution in [0, 0.1) is 0 Å². The molecule has 5 nitrogen and oxygen atoms in total. The number of aliphatic imine (C=N–C) groups is 1. The van der Waals surface area contributed by atoms with Gasteiger partial charge in [-0.15, -0.1) is 11.8 Å². The van der Waals surface area contributed by atoms with E-state index in [2.05, 4.69) is 11.9 Å². The fraction of sp³-hybridized carbons (Fsp3) is 0.500. The molecule has 0 aliphatic carbocycles. The third-order valence-corrected chi connectivity index (χ3v) is 4.72. The van der Waals surface area contributed by atoms with Gasteiger partial charge in [0.05, 0.1) is 13.7 Å². The van der Waals surface area contributed by atoms with Crippen molar-refractivity contribution in [3.63, 3.8) is 0 Å². The van der Waals surface area contributed by atoms with E-state index in [4.69, 9.17) is 9.47 Å². The molecule has 22 heavy (non-hydrogen) atoms. The number of rotatable bonds is 6. The Balaban J connectivity index is 2.16. The normalized spacial score (nSPS) is 20.6. The Labute approximate surface area is 134 Å². The van der Waals surface area contributed by atoms with Crippen molar-refractivity contribution in [2.75, 3.05) is 19.5 Å². The van der Waals surface area contributed by atoms with Crippen molar-refractivity contribution in [3.8, 4) is 11.5 Å². The molecular weight excluding hydrogens is 302 g/mol. The van der Waals surface area contributed by atoms with Gasteiger partial charge in [0, 0.05) is 17.4 Å². The van der Waals surface area contributed by atoms with Gasteiger partial charge in [-0.25, -0.2) is 4.79 Å². The van der Waals surface area contributed by atoms with Crippen molar-refractivity contribution in [1.29, 1.82) is 0 Å². The second-order valence-electron chi connectivity index (χ2n) is 5.35. The Kier molecular flexibility index (Phi) is 5.34. The maximum absolute atomic E-state index is 11.8. The molecule has 1 heterocycles. The van der Waals surface area contributed by atoms with Crippen LogP contribution in [0.2, 0.25) is 0 Å². The van der Waals surface area contributed by atoms with E-state index in [1.165, 1.54) is 18.9 Å². The van der Waals surface area contributed by atoms with Crippen molar-refractivity contribution in [3.05, 3.63) is 23.8 Å². The van der Waals surface area contributed by atoms with Gasteiger partial charge in [0.25, 0.3) is 0 Å². The highest BCUT2D eigenvalue weighted by atomic mass is 32.2. The predicted octanol–water partition coefficient (Wildman–Crippen LogP) is 3.00. The maximum atomic E-state index is 11.8. The lowest BCUT2D eigenvalue weighted by atomic mass is 10.1. The van der Waals surface area contributed by atoms with E-state index in [1.54, 1.807) is 19.1 Å². The first kappa shape index (κ1) is 16.7. The van der Waals surface area contributed by atoms with Gasteiger partial charge in [0.2, 0.25) is 0 Å². The lowest BCUT2D eigenvalue weighted by molar-refractivity contribution is -0.145. The standard InChI is InChI=1S/C16H21NO4S/c1-4-5-8-21-11-6-7-12(13(18)9-11)14-17-16(2,10-22-14)15(19)20-3/h6-7,9,18H,4-5,8,10H2,1-3H3/t16-/m1/s1. The first-order valence-corrected chi connectivity index (χ1v) is 8.26. The van der Waals surface area contributed by atoms with Gasteiger partial charge < -0.3 is 14.6 Å². The van der Waals surface area contributed by atoms with Crippen LogP contribution in [0.15, 0.2) is 23.2 Å². The number of phenols is 1. The number of ether oxygens (including phenoxy) is 2. The number of carbonyl (C=O) groups is 1. The number of unbranched alkanes of at least 4 members (excludes halogenated alkanes) is 1. The molecule has 1 aromatic carbocycles. The summed E-state index contributed by atoms with van der Waals surface area (Å²) in [5, 5.41) is 10.8. The minimum absolute atomic E-state index is 0.106. The number of methoxy groups -OCH3 is 1. The monoisotopic (exact) mass is 323 g/mol. The lowest BCUT2D eigenvalue weighted by Crippen LogP contribution is -2.34. The van der Waals surface area contributed by atoms with Gasteiger partial charge in [-0.2, -0.15) is 0 Å². The lowest BCUT2D eigenvalue weighted by Gasteiger charge is -2.15. The number of thioether (sulfide) groups is 1. The average Bonchev–Trinajstić information content (AvgIpc) is 2.90. The smallest absolute Gasteiger partial charge is 0.334 e. The van der Waals surface area contributed by atoms with Gasteiger partial charge in [0.15, 0.2) is 5.54 Å². The summed E-state index contributed by atoms with van der Waals surface area (Å²) < 4.78 is 10.3. The van der Waals surface area contributed by atoms with Crippen LogP contribution in [0.5, 0.6) is 11.5 Å². The zero-order valence-electron chi connectivity index (χ0n) is 13.1. The minimum atomic E-state index is -0.891. The molecule has 1 aromatic rings. The summed E-state index contributed by atoms with van der Waals surface area (Å²) in [6.07, 6.45) is 2.03. The van der Waals surface area contributed by atoms with Crippen molar-refractivity contribution < 1.29 is 19.4 Å². The fourth-order valence-electron chi connectivity index (χ4n) is 2.08. The highest BCUT2D eigenvalue weighted by Gasteiger charge is 2.40. The van der Waals surface area contributed by atoms with Crippen molar-refractivity contribution >= 4 is 22.8 Å². The zero-order valence-corrected chi connectivity index (χ0v) is 13.9. The molecule has 0 spiro atoms. The topological polar surface area (TPSA) is 68.1 Å². The summed E-state index contributed by atoms with van der Waals surface area (Å²) in [5.41, 5.74) is -0.280. The van der Waals surface area contributed by atoms with Crippen molar-refractivity contribution in [2.24, 2.45) is 4.99 Å². The number of benzene rings is 1. The molecule has 6 heteroatoms. The molecule has 0 fully saturated rings. The predicted molar refractivity (Wildman–Crippen MR) is 87.9 cm³/mol. The summed E-state index contributed by atoms with van der Waals surface area (Å²) in [6.45, 7) is 4.46. The van der Waals surface area contributed by atoms with Crippen LogP contribution < -0.4 is 4.74 Å². The molecule has 2 rings (SSSR count). The van der Waals surface area contributed by atoms with Crippen LogP contribution in [-0.2, 0) is 9.53 Å². The van der Waals surface area contributed by atoms with Crippen LogP contribution in [0.1, 0.15) is 32.3 Å². The molecule has 1 aliphatic rings. The molecule has 0 bridgehead atoms. The summed E-state index contributed by atoms with van der Waals surface area (Å²) in [7, 11) is 1.35. The van der Waals surface area contributed by atoms with E-state index in [0.717, 1.165) is 12.8 Å². The molecule has 0 saturated carbocycles. The van der Waals surface area contributed by atoms with Gasteiger partial charge >= 0.3 is 5.97 Å². The highest BCUT2D eigenvalue weighted by molar-refractivity contribution is 8.14. The van der Waals surface area contributed by atoms with Crippen LogP contribution in [-0.4, -0.2) is 41.1 Å². The maximum Gasteiger partial charge on any atom is 0.334 e. The molecule has 1 aliphatic heterocycles. The first-order valence-electron chi connectivity index (χ1n) is 7.27. The molecular formula is C16H21NO4S. The number of phenolic OH excluding ortho intramolecular Hbond substituents is 1. The average molecular weight is 323 g/mol. The molecule has 0 saturated heterocycles. The number of aromatic hydroxyl groups is 1. The molecule has 0 amide bonds. The first-order chi connectivity index (χ1) is 10.5. The van der Waals surface area contributed by atoms with Crippen LogP contribution >= 0.6 is 11.8 Å². The number of esters is 1. The van der Waals surface area contributed by atoms with E-state index >= 15 is 0 Å². The second kappa shape index (κ2) is 7.05. The minimum Gasteiger partial charge on any atom is -0.507 e. The largest absolute Gasteiger partial charge is 0.507 e. The Bertz CT molecular complexity index is 588. The van der Waals surface area contributed by atoms with Crippen molar-refractivity contribution in [2.45, 2.75) is 32.2 Å². The molecule has 0 radical (unpaired) electrons. The summed E-state index contributed by atoms with van der Waals surface area (Å²) in [5.74, 6) is 0.876. The van der Waals surface area contributed by atoms with Crippen LogP contribution in [0.4, 0.5) is 0 Å². The van der Waals surface area contributed by atoms with E-state index in [9.17, 15) is 9.90 Å². The molecule has 120 valence electrons. The van der Waals surface area contributed by atoms with Gasteiger partial charge in [-0.1, -0.05) is 13.3 Å². The Morgan fingerprint density at radius 1 is 1.50 bits per heavy atom. The SMILES string of the molecule is CCCCOc1ccc(C2=N[C@@](C)(C(=O)OC)CS2)c(O)c1. The summed E-state index contributed by atoms with van der Waals surface area (Å²) in [4.78, 5) is 16.2. The second-order valence-corrected chi connectivity index (χ2v) is 6.32. The van der Waals surface area contributed by atoms with E-state index in [-0.39, 0.29) is 11.7 Å². The third kappa shape index (κ3) is 3.55. The van der Waals surface area contributed by atoms with Crippen LogP contribution in [0.25, 0.3) is 0 Å². The van der Waals surface area contributed by atoms with Crippen LogP contribution in [0.3, 0.4) is 0 Å². The third-order valence-electron chi connectivity index (χ3n) is 3.43. The highest BCUT2D eigenvalue weighted by Crippen LogP contribution is 2.35. The Morgan fingerprint density at radius 3 is 2.91 bits per heavy atom.